The molecule has 4 rings (SSSR count). The van der Waals surface area contributed by atoms with Gasteiger partial charge in [-0.2, -0.15) is 15.6 Å². The molecule has 3 heterocycles. The smallest absolute Gasteiger partial charge is 0.472 e. The number of nitrogen functional groups attached to an aromatic ring is 1. The molecule has 1 aliphatic heterocycles. The van der Waals surface area contributed by atoms with Crippen LogP contribution in [0.4, 0.5) is 5.82 Å². The van der Waals surface area contributed by atoms with Gasteiger partial charge in [-0.1, -0.05) is 122 Å². The van der Waals surface area contributed by atoms with Gasteiger partial charge in [-0.3, -0.25) is 9.05 Å². The van der Waals surface area contributed by atoms with Crippen molar-refractivity contribution in [2.24, 2.45) is 0 Å². The lowest BCUT2D eigenvalue weighted by atomic mass is 9.96. The van der Waals surface area contributed by atoms with Crippen molar-refractivity contribution >= 4 is 19.2 Å². The Hall–Kier alpha value is -3.63. The summed E-state index contributed by atoms with van der Waals surface area (Å²) in [5, 5.41) is 45.7. The molecule has 1 aliphatic rings. The Kier molecular flexibility index (Phi) is 20.7. The lowest BCUT2D eigenvalue weighted by Crippen LogP contribution is -2.45. The van der Waals surface area contributed by atoms with Gasteiger partial charge in [-0.05, 0) is 50.1 Å². The minimum Gasteiger partial charge on any atom is -0.490 e. The van der Waals surface area contributed by atoms with Crippen LogP contribution in [-0.2, 0) is 29.7 Å². The van der Waals surface area contributed by atoms with E-state index in [0.29, 0.717) is 23.3 Å². The third kappa shape index (κ3) is 15.1. The number of nitrogens with two attached hydrogens (primary N) is 1. The number of unbranched alkanes of at least 4 members (excludes halogenated alkanes) is 16. The molecule has 0 spiro atoms. The van der Waals surface area contributed by atoms with Gasteiger partial charge in [0.2, 0.25) is 5.60 Å². The van der Waals surface area contributed by atoms with Crippen LogP contribution in [0.1, 0.15) is 159 Å². The van der Waals surface area contributed by atoms with Crippen LogP contribution < -0.4 is 10.5 Å². The Morgan fingerprint density at radius 3 is 2.12 bits per heavy atom. The summed E-state index contributed by atoms with van der Waals surface area (Å²) in [6.07, 6.45) is 17.6. The molecule has 0 amide bonds. The highest BCUT2D eigenvalue weighted by Crippen LogP contribution is 2.48. The Balaban J connectivity index is 1.26. The summed E-state index contributed by atoms with van der Waals surface area (Å²) in [6, 6.07) is 12.3. The number of hydrogen-bond acceptors (Lipinski definition) is 13. The van der Waals surface area contributed by atoms with Crippen molar-refractivity contribution in [1.29, 1.82) is 10.5 Å². The van der Waals surface area contributed by atoms with Gasteiger partial charge in [-0.25, -0.2) is 14.1 Å². The summed E-state index contributed by atoms with van der Waals surface area (Å²) >= 11 is 0. The molecular weight excluding hydrogens is 787 g/mol. The second-order valence-electron chi connectivity index (χ2n) is 16.2. The van der Waals surface area contributed by atoms with Gasteiger partial charge in [0.15, 0.2) is 5.82 Å². The molecule has 1 unspecified atom stereocenters. The number of hydrogen-bond donors (Lipinski definition) is 4. The summed E-state index contributed by atoms with van der Waals surface area (Å²) in [6.45, 7) is 4.95. The van der Waals surface area contributed by atoms with Gasteiger partial charge in [0.1, 0.15) is 54.7 Å². The van der Waals surface area contributed by atoms with E-state index in [1.54, 1.807) is 30.3 Å². The number of nitrogens with zero attached hydrogens (tertiary/aromatic N) is 5. The number of phosphoric acid groups is 1. The van der Waals surface area contributed by atoms with Crippen LogP contribution in [0.3, 0.4) is 0 Å². The third-order valence-electron chi connectivity index (χ3n) is 11.0. The molecule has 1 aromatic carbocycles. The molecule has 3 aromatic rings. The topological polar surface area (TPSA) is 228 Å². The Morgan fingerprint density at radius 2 is 1.53 bits per heavy atom. The molecule has 1 fully saturated rings. The second-order valence-corrected chi connectivity index (χ2v) is 17.7. The van der Waals surface area contributed by atoms with Crippen molar-refractivity contribution in [3.05, 3.63) is 53.5 Å². The van der Waals surface area contributed by atoms with E-state index in [1.165, 1.54) is 94.3 Å². The molecule has 0 radical (unpaired) electrons. The maximum Gasteiger partial charge on any atom is 0.472 e. The quantitative estimate of drug-likeness (QED) is 0.0363. The predicted molar refractivity (Wildman–Crippen MR) is 228 cm³/mol. The van der Waals surface area contributed by atoms with Crippen molar-refractivity contribution in [1.82, 2.24) is 14.6 Å². The van der Waals surface area contributed by atoms with Crippen molar-refractivity contribution in [3.8, 4) is 17.9 Å². The molecule has 60 heavy (non-hydrogen) atoms. The number of aromatic nitrogens is 3. The number of aliphatic hydroxyl groups is 2. The Bertz CT molecular complexity index is 1870. The van der Waals surface area contributed by atoms with Crippen molar-refractivity contribution in [2.45, 2.75) is 179 Å². The zero-order chi connectivity index (χ0) is 43.4. The Labute approximate surface area is 355 Å². The number of rotatable bonds is 30. The summed E-state index contributed by atoms with van der Waals surface area (Å²) in [4.78, 5) is 14.7. The first kappa shape index (κ1) is 49.0. The van der Waals surface area contributed by atoms with Gasteiger partial charge in [0, 0.05) is 0 Å². The first-order valence-electron chi connectivity index (χ1n) is 21.9. The Morgan fingerprint density at radius 1 is 0.917 bits per heavy atom. The molecule has 0 saturated carbocycles. The number of nitriles is 2. The van der Waals surface area contributed by atoms with Crippen LogP contribution >= 0.6 is 7.82 Å². The number of aliphatic hydroxyl groups excluding tert-OH is 2. The van der Waals surface area contributed by atoms with Crippen LogP contribution in [0.2, 0.25) is 0 Å². The van der Waals surface area contributed by atoms with E-state index in [4.69, 9.17) is 29.0 Å². The maximum absolute atomic E-state index is 13.2. The lowest BCUT2D eigenvalue weighted by Gasteiger charge is -2.26. The second kappa shape index (κ2) is 25.3. The summed E-state index contributed by atoms with van der Waals surface area (Å²) < 4.78 is 43.2. The minimum atomic E-state index is -4.84. The fourth-order valence-electron chi connectivity index (χ4n) is 7.49. The van der Waals surface area contributed by atoms with Gasteiger partial charge < -0.3 is 35.1 Å². The van der Waals surface area contributed by atoms with Crippen LogP contribution in [0.15, 0.2) is 36.7 Å². The fourth-order valence-corrected chi connectivity index (χ4v) is 8.28. The molecule has 0 aliphatic carbocycles. The van der Waals surface area contributed by atoms with E-state index in [9.17, 15) is 30.2 Å². The average Bonchev–Trinajstić information content (AvgIpc) is 3.77. The van der Waals surface area contributed by atoms with Crippen molar-refractivity contribution in [2.75, 3.05) is 18.9 Å². The molecule has 6 atom stereocenters. The highest BCUT2D eigenvalue weighted by Gasteiger charge is 2.57. The summed E-state index contributed by atoms with van der Waals surface area (Å²) in [5.41, 5.74) is 5.57. The van der Waals surface area contributed by atoms with Crippen molar-refractivity contribution < 1.29 is 42.9 Å². The summed E-state index contributed by atoms with van der Waals surface area (Å²) in [5.74, 6) is 0.618. The van der Waals surface area contributed by atoms with E-state index >= 15 is 0 Å². The molecule has 332 valence electrons. The molecule has 5 N–H and O–H groups in total. The molecule has 15 nitrogen and oxygen atoms in total. The van der Waals surface area contributed by atoms with E-state index in [0.717, 1.165) is 31.2 Å². The number of ether oxygens (including phenoxy) is 3. The van der Waals surface area contributed by atoms with Crippen LogP contribution in [-0.4, -0.2) is 72.9 Å². The highest BCUT2D eigenvalue weighted by atomic mass is 31.2. The molecule has 0 bridgehead atoms. The zero-order valence-corrected chi connectivity index (χ0v) is 36.6. The van der Waals surface area contributed by atoms with Crippen molar-refractivity contribution in [3.63, 3.8) is 0 Å². The standard InChI is InChI=1S/C44H67N6O9P/c1-4-5-6-7-8-9-10-11-12-13-14-15-16-17-18-19-20-21-36(55-28-34-22-23-35(27-45)39(26-34)58-33(2)3)29-56-60(53,54)57-31-44(30-46)42(52)40(51)41(59-44)37-24-25-38-43(47)48-32-49-50(37)38/h22-26,32-33,36,40-42,51-52H,4-21,28-29,31H2,1-3H3,(H,53,54)(H2,47,48,49)/t36-,40+,41+,42+,44-/m1/s1. The monoisotopic (exact) mass is 854 g/mol. The number of phosphoric ester groups is 1. The number of anilines is 1. The molecular formula is C44H67N6O9P. The number of fused-ring (bicyclic) bond motifs is 1. The third-order valence-corrected chi connectivity index (χ3v) is 11.9. The SMILES string of the molecule is CCCCCCCCCCCCCCCCCCC[C@H](COP(=O)(O)OC[C@@]1(C#N)O[C@@H](c2ccc3c(N)ncnn23)[C@H](O)[C@@H]1O)OCc1ccc(C#N)c(OC(C)C)c1. The molecule has 16 heteroatoms. The first-order valence-corrected chi connectivity index (χ1v) is 23.4. The average molecular weight is 855 g/mol. The zero-order valence-electron chi connectivity index (χ0n) is 35.8. The van der Waals surface area contributed by atoms with E-state index < -0.39 is 44.4 Å². The number of benzene rings is 1. The van der Waals surface area contributed by atoms with Crippen LogP contribution in [0.5, 0.6) is 5.75 Å². The van der Waals surface area contributed by atoms with Crippen LogP contribution in [0, 0.1) is 22.7 Å². The van der Waals surface area contributed by atoms with Gasteiger partial charge >= 0.3 is 7.82 Å². The van der Waals surface area contributed by atoms with E-state index in [1.807, 2.05) is 19.9 Å². The van der Waals surface area contributed by atoms with E-state index in [2.05, 4.69) is 23.1 Å². The predicted octanol–water partition coefficient (Wildman–Crippen LogP) is 8.79. The van der Waals surface area contributed by atoms with Crippen LogP contribution in [0.25, 0.3) is 5.52 Å². The fraction of sp³-hybridized carbons (Fsp3) is 0.682. The first-order chi connectivity index (χ1) is 28.9. The summed E-state index contributed by atoms with van der Waals surface area (Å²) in [7, 11) is -4.84. The minimum absolute atomic E-state index is 0.131. The van der Waals surface area contributed by atoms with Gasteiger partial charge in [0.25, 0.3) is 0 Å². The normalized spacial score (nSPS) is 20.6. The van der Waals surface area contributed by atoms with E-state index in [-0.39, 0.29) is 30.8 Å². The molecule has 2 aromatic heterocycles. The highest BCUT2D eigenvalue weighted by molar-refractivity contribution is 7.47. The molecule has 1 saturated heterocycles. The van der Waals surface area contributed by atoms with Gasteiger partial charge in [0.05, 0.1) is 36.7 Å². The maximum atomic E-state index is 13.2. The van der Waals surface area contributed by atoms with Gasteiger partial charge in [-0.15, -0.1) is 0 Å². The largest absolute Gasteiger partial charge is 0.490 e. The lowest BCUT2D eigenvalue weighted by molar-refractivity contribution is -0.0763.